The summed E-state index contributed by atoms with van der Waals surface area (Å²) >= 11 is 0. The Morgan fingerprint density at radius 1 is 1.31 bits per heavy atom. The van der Waals surface area contributed by atoms with Gasteiger partial charge in [0.1, 0.15) is 0 Å². The molecule has 0 aliphatic carbocycles. The highest BCUT2D eigenvalue weighted by Crippen LogP contribution is 2.05. The van der Waals surface area contributed by atoms with Crippen LogP contribution in [0.5, 0.6) is 0 Å². The zero-order chi connectivity index (χ0) is 12.2. The summed E-state index contributed by atoms with van der Waals surface area (Å²) in [7, 11) is 0. The third kappa shape index (κ3) is 10.6. The molecule has 0 spiro atoms. The van der Waals surface area contributed by atoms with Crippen molar-refractivity contribution in [3.05, 3.63) is 11.8 Å². The van der Waals surface area contributed by atoms with E-state index in [0.717, 1.165) is 32.1 Å². The lowest BCUT2D eigenvalue weighted by Gasteiger charge is -2.02. The van der Waals surface area contributed by atoms with Crippen molar-refractivity contribution in [2.45, 2.75) is 45.4 Å². The number of allylic oxidation sites excluding steroid dienone is 1. The molecule has 0 aliphatic rings. The summed E-state index contributed by atoms with van der Waals surface area (Å²) in [6, 6.07) is 2.12. The van der Waals surface area contributed by atoms with Crippen molar-refractivity contribution in [1.29, 1.82) is 5.26 Å². The molecular formula is C12H20N2O2. The van der Waals surface area contributed by atoms with Gasteiger partial charge >= 0.3 is 5.97 Å². The Labute approximate surface area is 97.1 Å². The third-order valence-electron chi connectivity index (χ3n) is 2.02. The van der Waals surface area contributed by atoms with Gasteiger partial charge in [0.05, 0.1) is 12.7 Å². The van der Waals surface area contributed by atoms with Gasteiger partial charge in [-0.3, -0.25) is 0 Å². The van der Waals surface area contributed by atoms with Crippen LogP contribution in [0.2, 0.25) is 0 Å². The number of nitriles is 1. The molecule has 4 nitrogen and oxygen atoms in total. The van der Waals surface area contributed by atoms with Gasteiger partial charge in [-0.05, 0) is 19.8 Å². The molecular weight excluding hydrogens is 204 g/mol. The number of nitrogens with two attached hydrogens (primary N) is 1. The van der Waals surface area contributed by atoms with Gasteiger partial charge < -0.3 is 10.5 Å². The zero-order valence-corrected chi connectivity index (χ0v) is 9.87. The van der Waals surface area contributed by atoms with E-state index in [-0.39, 0.29) is 5.97 Å². The van der Waals surface area contributed by atoms with E-state index < -0.39 is 0 Å². The molecule has 2 N–H and O–H groups in total. The predicted molar refractivity (Wildman–Crippen MR) is 62.2 cm³/mol. The molecule has 0 amide bonds. The summed E-state index contributed by atoms with van der Waals surface area (Å²) < 4.78 is 4.93. The van der Waals surface area contributed by atoms with Crippen LogP contribution in [0.25, 0.3) is 0 Å². The lowest BCUT2D eigenvalue weighted by Crippen LogP contribution is -2.05. The topological polar surface area (TPSA) is 76.1 Å². The number of hydrogen-bond donors (Lipinski definition) is 1. The summed E-state index contributed by atoms with van der Waals surface area (Å²) in [6.45, 7) is 2.09. The monoisotopic (exact) mass is 224 g/mol. The van der Waals surface area contributed by atoms with E-state index >= 15 is 0 Å². The predicted octanol–water partition coefficient (Wildman–Crippen LogP) is 2.26. The van der Waals surface area contributed by atoms with Crippen molar-refractivity contribution in [3.8, 4) is 6.07 Å². The fourth-order valence-corrected chi connectivity index (χ4v) is 1.24. The SMILES string of the molecule is CC(N)=CC(=O)OCCCCCCCC#N. The molecule has 0 aromatic carbocycles. The maximum absolute atomic E-state index is 11.0. The first-order chi connectivity index (χ1) is 7.66. The van der Waals surface area contributed by atoms with Crippen LogP contribution in [0.4, 0.5) is 0 Å². The summed E-state index contributed by atoms with van der Waals surface area (Å²) in [5.41, 5.74) is 5.79. The van der Waals surface area contributed by atoms with Gasteiger partial charge in [-0.1, -0.05) is 19.3 Å². The minimum Gasteiger partial charge on any atom is -0.462 e. The van der Waals surface area contributed by atoms with Crippen LogP contribution in [0.15, 0.2) is 11.8 Å². The fourth-order valence-electron chi connectivity index (χ4n) is 1.24. The number of ether oxygens (including phenoxy) is 1. The van der Waals surface area contributed by atoms with Gasteiger partial charge in [0.15, 0.2) is 0 Å². The number of esters is 1. The highest BCUT2D eigenvalue weighted by atomic mass is 16.5. The standard InChI is InChI=1S/C12H20N2O2/c1-11(14)10-12(15)16-9-7-5-3-2-4-6-8-13/h10H,2-7,9,14H2,1H3. The number of rotatable bonds is 8. The second-order valence-electron chi connectivity index (χ2n) is 3.73. The molecule has 0 bridgehead atoms. The smallest absolute Gasteiger partial charge is 0.332 e. The lowest BCUT2D eigenvalue weighted by atomic mass is 10.1. The maximum atomic E-state index is 11.0. The van der Waals surface area contributed by atoms with E-state index in [1.807, 2.05) is 0 Å². The second kappa shape index (κ2) is 10.0. The molecule has 0 aromatic heterocycles. The van der Waals surface area contributed by atoms with Crippen molar-refractivity contribution >= 4 is 5.97 Å². The lowest BCUT2D eigenvalue weighted by molar-refractivity contribution is -0.137. The van der Waals surface area contributed by atoms with Crippen molar-refractivity contribution in [1.82, 2.24) is 0 Å². The van der Waals surface area contributed by atoms with Crippen LogP contribution in [0.3, 0.4) is 0 Å². The molecule has 0 heterocycles. The van der Waals surface area contributed by atoms with Gasteiger partial charge in [-0.25, -0.2) is 4.79 Å². The van der Waals surface area contributed by atoms with Crippen LogP contribution in [-0.4, -0.2) is 12.6 Å². The van der Waals surface area contributed by atoms with E-state index in [9.17, 15) is 4.79 Å². The Hall–Kier alpha value is -1.50. The largest absolute Gasteiger partial charge is 0.462 e. The quantitative estimate of drug-likeness (QED) is 0.390. The first-order valence-electron chi connectivity index (χ1n) is 5.64. The first-order valence-corrected chi connectivity index (χ1v) is 5.64. The third-order valence-corrected chi connectivity index (χ3v) is 2.02. The summed E-state index contributed by atoms with van der Waals surface area (Å²) in [4.78, 5) is 11.0. The first kappa shape index (κ1) is 14.5. The Kier molecular flexibility index (Phi) is 9.09. The molecule has 0 atom stereocenters. The van der Waals surface area contributed by atoms with Crippen LogP contribution < -0.4 is 5.73 Å². The molecule has 16 heavy (non-hydrogen) atoms. The molecule has 4 heteroatoms. The van der Waals surface area contributed by atoms with E-state index in [4.69, 9.17) is 15.7 Å². The van der Waals surface area contributed by atoms with E-state index in [0.29, 0.717) is 18.7 Å². The van der Waals surface area contributed by atoms with Gasteiger partial charge in [0, 0.05) is 18.2 Å². The second-order valence-corrected chi connectivity index (χ2v) is 3.73. The number of carbonyl (C=O) groups is 1. The van der Waals surface area contributed by atoms with Gasteiger partial charge in [-0.2, -0.15) is 5.26 Å². The minimum absolute atomic E-state index is 0.371. The Morgan fingerprint density at radius 2 is 1.94 bits per heavy atom. The normalized spacial score (nSPS) is 10.9. The van der Waals surface area contributed by atoms with Crippen molar-refractivity contribution < 1.29 is 9.53 Å². The Morgan fingerprint density at radius 3 is 2.56 bits per heavy atom. The molecule has 90 valence electrons. The van der Waals surface area contributed by atoms with Gasteiger partial charge in [0.2, 0.25) is 0 Å². The minimum atomic E-state index is -0.371. The molecule has 0 aliphatic heterocycles. The fraction of sp³-hybridized carbons (Fsp3) is 0.667. The highest BCUT2D eigenvalue weighted by molar-refractivity contribution is 5.82. The average molecular weight is 224 g/mol. The van der Waals surface area contributed by atoms with Crippen molar-refractivity contribution in [2.24, 2.45) is 5.73 Å². The zero-order valence-electron chi connectivity index (χ0n) is 9.87. The van der Waals surface area contributed by atoms with Gasteiger partial charge in [-0.15, -0.1) is 0 Å². The number of carbonyl (C=O) groups excluding carboxylic acids is 1. The molecule has 0 fully saturated rings. The van der Waals surface area contributed by atoms with Crippen molar-refractivity contribution in [3.63, 3.8) is 0 Å². The van der Waals surface area contributed by atoms with E-state index in [1.54, 1.807) is 6.92 Å². The molecule has 0 rings (SSSR count). The maximum Gasteiger partial charge on any atom is 0.332 e. The summed E-state index contributed by atoms with van der Waals surface area (Å²) in [5, 5.41) is 8.32. The van der Waals surface area contributed by atoms with Crippen LogP contribution in [0, 0.1) is 11.3 Å². The molecule has 0 aromatic rings. The molecule has 0 radical (unpaired) electrons. The summed E-state index contributed by atoms with van der Waals surface area (Å²) in [5.74, 6) is -0.371. The number of nitrogens with zero attached hydrogens (tertiary/aromatic N) is 1. The van der Waals surface area contributed by atoms with Crippen LogP contribution in [-0.2, 0) is 9.53 Å². The molecule has 0 unspecified atom stereocenters. The van der Waals surface area contributed by atoms with Crippen LogP contribution in [0.1, 0.15) is 45.4 Å². The van der Waals surface area contributed by atoms with Gasteiger partial charge in [0.25, 0.3) is 0 Å². The molecule has 0 saturated carbocycles. The van der Waals surface area contributed by atoms with E-state index in [1.165, 1.54) is 6.08 Å². The van der Waals surface area contributed by atoms with Crippen molar-refractivity contribution in [2.75, 3.05) is 6.61 Å². The average Bonchev–Trinajstić information content (AvgIpc) is 2.21. The van der Waals surface area contributed by atoms with Crippen LogP contribution >= 0.6 is 0 Å². The summed E-state index contributed by atoms with van der Waals surface area (Å²) in [6.07, 6.45) is 6.95. The molecule has 0 saturated heterocycles. The Balaban J connectivity index is 3.25. The highest BCUT2D eigenvalue weighted by Gasteiger charge is 1.97. The van der Waals surface area contributed by atoms with E-state index in [2.05, 4.69) is 6.07 Å². The number of unbranched alkanes of at least 4 members (excludes halogenated alkanes) is 5. The number of hydrogen-bond acceptors (Lipinski definition) is 4. The Bertz CT molecular complexity index is 263.